The molecule has 0 aliphatic rings. The molecule has 3 rings (SSSR count). The Balaban J connectivity index is 1.90. The van der Waals surface area contributed by atoms with E-state index in [9.17, 15) is 18.8 Å². The van der Waals surface area contributed by atoms with E-state index < -0.39 is 17.8 Å². The van der Waals surface area contributed by atoms with Gasteiger partial charge in [0.15, 0.2) is 0 Å². The average Bonchev–Trinajstić information content (AvgIpc) is 2.65. The molecular weight excluding hydrogens is 429 g/mol. The molecule has 6 nitrogen and oxygen atoms in total. The number of pyridine rings is 1. The van der Waals surface area contributed by atoms with Crippen LogP contribution in [0, 0.1) is 5.82 Å². The minimum absolute atomic E-state index is 0.0467. The summed E-state index contributed by atoms with van der Waals surface area (Å²) in [6.45, 7) is 1.54. The fraction of sp³-hybridized carbons (Fsp3) is 0.150. The first-order valence-corrected chi connectivity index (χ1v) is 9.24. The lowest BCUT2D eigenvalue weighted by atomic mass is 10.1. The number of amides is 2. The number of carbonyl (C=O) groups is 2. The first kappa shape index (κ1) is 19.8. The quantitative estimate of drug-likeness (QED) is 0.631. The van der Waals surface area contributed by atoms with Crippen molar-refractivity contribution in [3.05, 3.63) is 74.9 Å². The van der Waals surface area contributed by atoms with Crippen molar-refractivity contribution in [2.24, 2.45) is 5.73 Å². The van der Waals surface area contributed by atoms with Crippen molar-refractivity contribution in [3.63, 3.8) is 0 Å². The normalized spacial score (nSPS) is 12.0. The number of halogens is 2. The maximum Gasteiger partial charge on any atom is 0.259 e. The molecule has 0 aliphatic heterocycles. The molecule has 28 heavy (non-hydrogen) atoms. The van der Waals surface area contributed by atoms with Crippen LogP contribution in [-0.4, -0.2) is 16.4 Å². The van der Waals surface area contributed by atoms with Crippen LogP contribution in [0.1, 0.15) is 18.5 Å². The SMILES string of the molecule is CC(C(N)=O)n1ccc2c(NC(=O)Cc3ccc(F)c(Br)c3)cccc2c1=O. The van der Waals surface area contributed by atoms with Crippen molar-refractivity contribution in [2.45, 2.75) is 19.4 Å². The van der Waals surface area contributed by atoms with Gasteiger partial charge in [-0.2, -0.15) is 0 Å². The molecule has 0 spiro atoms. The Hall–Kier alpha value is -3.00. The van der Waals surface area contributed by atoms with Crippen molar-refractivity contribution in [1.82, 2.24) is 4.57 Å². The van der Waals surface area contributed by atoms with Gasteiger partial charge in [0.25, 0.3) is 5.56 Å². The zero-order chi connectivity index (χ0) is 20.4. The van der Waals surface area contributed by atoms with E-state index in [2.05, 4.69) is 21.2 Å². The molecule has 1 heterocycles. The fourth-order valence-corrected chi connectivity index (χ4v) is 3.30. The summed E-state index contributed by atoms with van der Waals surface area (Å²) in [6.07, 6.45) is 1.53. The molecule has 1 atom stereocenters. The highest BCUT2D eigenvalue weighted by atomic mass is 79.9. The third kappa shape index (κ3) is 3.96. The highest BCUT2D eigenvalue weighted by Crippen LogP contribution is 2.22. The lowest BCUT2D eigenvalue weighted by molar-refractivity contribution is -0.120. The number of hydrogen-bond donors (Lipinski definition) is 2. The van der Waals surface area contributed by atoms with E-state index >= 15 is 0 Å². The van der Waals surface area contributed by atoms with Gasteiger partial charge in [-0.25, -0.2) is 4.39 Å². The van der Waals surface area contributed by atoms with Gasteiger partial charge in [0, 0.05) is 22.7 Å². The Bertz CT molecular complexity index is 1140. The number of nitrogens with one attached hydrogen (secondary N) is 1. The predicted molar refractivity (Wildman–Crippen MR) is 109 cm³/mol. The molecule has 0 saturated carbocycles. The molecule has 0 aliphatic carbocycles. The summed E-state index contributed by atoms with van der Waals surface area (Å²) in [5.41, 5.74) is 6.03. The maximum atomic E-state index is 13.3. The van der Waals surface area contributed by atoms with Gasteiger partial charge in [-0.3, -0.25) is 14.4 Å². The van der Waals surface area contributed by atoms with E-state index in [0.717, 1.165) is 0 Å². The molecule has 144 valence electrons. The lowest BCUT2D eigenvalue weighted by Gasteiger charge is -2.14. The molecule has 2 aromatic carbocycles. The molecule has 1 aromatic heterocycles. The summed E-state index contributed by atoms with van der Waals surface area (Å²) in [7, 11) is 0. The van der Waals surface area contributed by atoms with Gasteiger partial charge in [-0.15, -0.1) is 0 Å². The van der Waals surface area contributed by atoms with E-state index in [-0.39, 0.29) is 22.4 Å². The fourth-order valence-electron chi connectivity index (χ4n) is 2.87. The van der Waals surface area contributed by atoms with Crippen LogP contribution in [0.3, 0.4) is 0 Å². The third-order valence-electron chi connectivity index (χ3n) is 4.42. The maximum absolute atomic E-state index is 13.3. The second kappa shape index (κ2) is 7.93. The number of fused-ring (bicyclic) bond motifs is 1. The van der Waals surface area contributed by atoms with Crippen LogP contribution >= 0.6 is 15.9 Å². The third-order valence-corrected chi connectivity index (χ3v) is 5.03. The minimum atomic E-state index is -0.785. The molecule has 8 heteroatoms. The van der Waals surface area contributed by atoms with Crippen LogP contribution < -0.4 is 16.6 Å². The largest absolute Gasteiger partial charge is 0.368 e. The van der Waals surface area contributed by atoms with E-state index in [1.807, 2.05) is 0 Å². The van der Waals surface area contributed by atoms with Crippen LogP contribution in [0.25, 0.3) is 10.8 Å². The van der Waals surface area contributed by atoms with Crippen LogP contribution in [0.15, 0.2) is 57.9 Å². The summed E-state index contributed by atoms with van der Waals surface area (Å²) < 4.78 is 14.9. The van der Waals surface area contributed by atoms with E-state index in [1.54, 1.807) is 37.3 Å². The monoisotopic (exact) mass is 445 g/mol. The van der Waals surface area contributed by atoms with Gasteiger partial charge in [0.1, 0.15) is 11.9 Å². The summed E-state index contributed by atoms with van der Waals surface area (Å²) in [5, 5.41) is 3.69. The summed E-state index contributed by atoms with van der Waals surface area (Å²) in [4.78, 5) is 36.5. The number of primary amides is 1. The van der Waals surface area contributed by atoms with Crippen LogP contribution in [0.5, 0.6) is 0 Å². The first-order valence-electron chi connectivity index (χ1n) is 8.45. The second-order valence-corrected chi connectivity index (χ2v) is 7.20. The van der Waals surface area contributed by atoms with Crippen LogP contribution in [0.2, 0.25) is 0 Å². The molecule has 3 N–H and O–H groups in total. The number of nitrogens with zero attached hydrogens (tertiary/aromatic N) is 1. The second-order valence-electron chi connectivity index (χ2n) is 6.35. The molecule has 2 amide bonds. The molecule has 0 bridgehead atoms. The standard InChI is InChI=1S/C20H17BrFN3O3/c1-11(19(23)27)25-8-7-13-14(20(25)28)3-2-4-17(13)24-18(26)10-12-5-6-16(22)15(21)9-12/h2-9,11H,10H2,1H3,(H2,23,27)(H,24,26). The number of nitrogens with two attached hydrogens (primary N) is 1. The van der Waals surface area contributed by atoms with Gasteiger partial charge < -0.3 is 15.6 Å². The van der Waals surface area contributed by atoms with Crippen LogP contribution in [0.4, 0.5) is 10.1 Å². The zero-order valence-corrected chi connectivity index (χ0v) is 16.5. The van der Waals surface area contributed by atoms with Crippen LogP contribution in [-0.2, 0) is 16.0 Å². The number of aromatic nitrogens is 1. The number of benzene rings is 2. The smallest absolute Gasteiger partial charge is 0.259 e. The highest BCUT2D eigenvalue weighted by molar-refractivity contribution is 9.10. The van der Waals surface area contributed by atoms with Gasteiger partial charge in [0.2, 0.25) is 11.8 Å². The summed E-state index contributed by atoms with van der Waals surface area (Å²) in [5.74, 6) is -1.32. The molecular formula is C20H17BrFN3O3. The summed E-state index contributed by atoms with van der Waals surface area (Å²) in [6, 6.07) is 10.2. The van der Waals surface area contributed by atoms with E-state index in [4.69, 9.17) is 5.73 Å². The Morgan fingerprint density at radius 3 is 2.64 bits per heavy atom. The lowest BCUT2D eigenvalue weighted by Crippen LogP contribution is -2.31. The Morgan fingerprint density at radius 2 is 1.96 bits per heavy atom. The van der Waals surface area contributed by atoms with Crippen molar-refractivity contribution in [2.75, 3.05) is 5.32 Å². The predicted octanol–water partition coefficient (Wildman–Crippen LogP) is 3.13. The van der Waals surface area contributed by atoms with Crippen molar-refractivity contribution in [1.29, 1.82) is 0 Å². The number of anilines is 1. The summed E-state index contributed by atoms with van der Waals surface area (Å²) >= 11 is 3.10. The minimum Gasteiger partial charge on any atom is -0.368 e. The Morgan fingerprint density at radius 1 is 1.21 bits per heavy atom. The van der Waals surface area contributed by atoms with E-state index in [1.165, 1.54) is 22.9 Å². The number of rotatable bonds is 5. The topological polar surface area (TPSA) is 94.2 Å². The van der Waals surface area contributed by atoms with Crippen molar-refractivity contribution in [3.8, 4) is 0 Å². The van der Waals surface area contributed by atoms with Gasteiger partial charge in [-0.05, 0) is 58.7 Å². The highest BCUT2D eigenvalue weighted by Gasteiger charge is 2.15. The zero-order valence-electron chi connectivity index (χ0n) is 14.9. The molecule has 0 radical (unpaired) electrons. The molecule has 3 aromatic rings. The van der Waals surface area contributed by atoms with E-state index in [0.29, 0.717) is 22.0 Å². The molecule has 1 unspecified atom stereocenters. The molecule has 0 fully saturated rings. The van der Waals surface area contributed by atoms with Gasteiger partial charge in [0.05, 0.1) is 10.9 Å². The number of carbonyl (C=O) groups excluding carboxylic acids is 2. The molecule has 0 saturated heterocycles. The van der Waals surface area contributed by atoms with Gasteiger partial charge >= 0.3 is 0 Å². The Labute approximate surface area is 168 Å². The first-order chi connectivity index (χ1) is 13.3. The average molecular weight is 446 g/mol. The van der Waals surface area contributed by atoms with Crippen molar-refractivity contribution < 1.29 is 14.0 Å². The number of hydrogen-bond acceptors (Lipinski definition) is 3. The Kier molecular flexibility index (Phi) is 5.60. The van der Waals surface area contributed by atoms with Gasteiger partial charge in [-0.1, -0.05) is 12.1 Å². The van der Waals surface area contributed by atoms with Crippen molar-refractivity contribution >= 4 is 44.2 Å².